The lowest BCUT2D eigenvalue weighted by Gasteiger charge is -2.05. The summed E-state index contributed by atoms with van der Waals surface area (Å²) in [4.78, 5) is 11.6. The molecule has 0 aliphatic carbocycles. The minimum atomic E-state index is 0.00131. The van der Waals surface area contributed by atoms with Crippen LogP contribution in [-0.2, 0) is 9.53 Å². The second-order valence-corrected chi connectivity index (χ2v) is 7.40. The molecule has 0 amide bonds. The van der Waals surface area contributed by atoms with Crippen molar-refractivity contribution in [1.82, 2.24) is 0 Å². The highest BCUT2D eigenvalue weighted by Gasteiger charge is 2.02. The number of hydrogen-bond acceptors (Lipinski definition) is 2. The quantitative estimate of drug-likeness (QED) is 0.140. The van der Waals surface area contributed by atoms with Gasteiger partial charge in [0.05, 0.1) is 6.61 Å². The molecule has 3 heteroatoms. The Balaban J connectivity index is 3.11. The molecule has 0 unspecified atom stereocenters. The van der Waals surface area contributed by atoms with Gasteiger partial charge in [-0.3, -0.25) is 4.79 Å². The molecule has 0 spiro atoms. The third kappa shape index (κ3) is 19.9. The zero-order valence-corrected chi connectivity index (χ0v) is 17.0. The van der Waals surface area contributed by atoms with Crippen molar-refractivity contribution in [2.75, 3.05) is 11.9 Å². The molecule has 0 aliphatic rings. The number of hydrogen-bond donors (Lipinski definition) is 0. The SMILES string of the molecule is CCCCCCCCCCCCOC(=O)CCCCCCCBr. The Morgan fingerprint density at radius 2 is 1.17 bits per heavy atom. The standard InChI is InChI=1S/C20H39BrO2/c1-2-3-4-5-6-7-8-9-13-16-19-23-20(22)17-14-11-10-12-15-18-21/h2-19H2,1H3. The molecule has 0 aliphatic heterocycles. The molecule has 0 aromatic rings. The summed E-state index contributed by atoms with van der Waals surface area (Å²) in [7, 11) is 0. The number of alkyl halides is 1. The van der Waals surface area contributed by atoms with Gasteiger partial charge in [-0.25, -0.2) is 0 Å². The van der Waals surface area contributed by atoms with Crippen LogP contribution in [0.2, 0.25) is 0 Å². The van der Waals surface area contributed by atoms with E-state index in [1.54, 1.807) is 0 Å². The van der Waals surface area contributed by atoms with E-state index in [2.05, 4.69) is 22.9 Å². The highest BCUT2D eigenvalue weighted by molar-refractivity contribution is 9.09. The van der Waals surface area contributed by atoms with Gasteiger partial charge in [-0.15, -0.1) is 0 Å². The van der Waals surface area contributed by atoms with Crippen molar-refractivity contribution in [1.29, 1.82) is 0 Å². The third-order valence-electron chi connectivity index (χ3n) is 4.28. The van der Waals surface area contributed by atoms with Crippen LogP contribution in [0.1, 0.15) is 110 Å². The van der Waals surface area contributed by atoms with E-state index >= 15 is 0 Å². The second-order valence-electron chi connectivity index (χ2n) is 6.61. The minimum Gasteiger partial charge on any atom is -0.466 e. The van der Waals surface area contributed by atoms with Crippen molar-refractivity contribution in [3.8, 4) is 0 Å². The molecule has 0 saturated carbocycles. The van der Waals surface area contributed by atoms with Crippen molar-refractivity contribution in [2.45, 2.75) is 110 Å². The van der Waals surface area contributed by atoms with Crippen LogP contribution in [0.3, 0.4) is 0 Å². The first-order valence-electron chi connectivity index (χ1n) is 10.0. The van der Waals surface area contributed by atoms with Crippen LogP contribution in [0, 0.1) is 0 Å². The molecule has 0 atom stereocenters. The Morgan fingerprint density at radius 1 is 0.696 bits per heavy atom. The zero-order valence-electron chi connectivity index (χ0n) is 15.4. The zero-order chi connectivity index (χ0) is 17.0. The predicted molar refractivity (Wildman–Crippen MR) is 104 cm³/mol. The largest absolute Gasteiger partial charge is 0.466 e. The topological polar surface area (TPSA) is 26.3 Å². The van der Waals surface area contributed by atoms with Crippen LogP contribution in [0.25, 0.3) is 0 Å². The molecular formula is C20H39BrO2. The lowest BCUT2D eigenvalue weighted by atomic mass is 10.1. The number of rotatable bonds is 18. The molecule has 0 heterocycles. The molecule has 0 aromatic carbocycles. The predicted octanol–water partition coefficient (Wildman–Crippen LogP) is 7.19. The normalized spacial score (nSPS) is 10.9. The number of ether oxygens (including phenoxy) is 1. The van der Waals surface area contributed by atoms with E-state index in [1.807, 2.05) is 0 Å². The van der Waals surface area contributed by atoms with Gasteiger partial charge >= 0.3 is 5.97 Å². The summed E-state index contributed by atoms with van der Waals surface area (Å²) in [6.45, 7) is 2.89. The summed E-state index contributed by atoms with van der Waals surface area (Å²) in [5.74, 6) is 0.00131. The van der Waals surface area contributed by atoms with Crippen molar-refractivity contribution in [3.05, 3.63) is 0 Å². The number of carbonyl (C=O) groups excluding carboxylic acids is 1. The lowest BCUT2D eigenvalue weighted by molar-refractivity contribution is -0.143. The van der Waals surface area contributed by atoms with Crippen LogP contribution >= 0.6 is 15.9 Å². The van der Waals surface area contributed by atoms with Crippen LogP contribution in [0.5, 0.6) is 0 Å². The summed E-state index contributed by atoms with van der Waals surface area (Å²) in [5.41, 5.74) is 0. The number of unbranched alkanes of at least 4 members (excludes halogenated alkanes) is 13. The van der Waals surface area contributed by atoms with E-state index in [9.17, 15) is 4.79 Å². The smallest absolute Gasteiger partial charge is 0.305 e. The highest BCUT2D eigenvalue weighted by atomic mass is 79.9. The fraction of sp³-hybridized carbons (Fsp3) is 0.950. The van der Waals surface area contributed by atoms with Gasteiger partial charge in [-0.1, -0.05) is 99.9 Å². The Hall–Kier alpha value is -0.0500. The van der Waals surface area contributed by atoms with Crippen LogP contribution < -0.4 is 0 Å². The molecule has 0 fully saturated rings. The highest BCUT2D eigenvalue weighted by Crippen LogP contribution is 2.11. The maximum Gasteiger partial charge on any atom is 0.305 e. The fourth-order valence-electron chi connectivity index (χ4n) is 2.74. The maximum absolute atomic E-state index is 11.6. The molecule has 0 bridgehead atoms. The van der Waals surface area contributed by atoms with E-state index in [0.717, 1.165) is 24.6 Å². The second kappa shape index (κ2) is 20.0. The van der Waals surface area contributed by atoms with Gasteiger partial charge in [-0.2, -0.15) is 0 Å². The van der Waals surface area contributed by atoms with E-state index < -0.39 is 0 Å². The van der Waals surface area contributed by atoms with Crippen molar-refractivity contribution >= 4 is 21.9 Å². The van der Waals surface area contributed by atoms with E-state index in [4.69, 9.17) is 4.74 Å². The molecule has 2 nitrogen and oxygen atoms in total. The van der Waals surface area contributed by atoms with Crippen molar-refractivity contribution < 1.29 is 9.53 Å². The summed E-state index contributed by atoms with van der Waals surface area (Å²) in [6, 6.07) is 0. The molecule has 23 heavy (non-hydrogen) atoms. The molecule has 0 radical (unpaired) electrons. The Kier molecular flexibility index (Phi) is 20.0. The van der Waals surface area contributed by atoms with Gasteiger partial charge in [0, 0.05) is 11.8 Å². The Bertz CT molecular complexity index is 244. The van der Waals surface area contributed by atoms with Gasteiger partial charge in [-0.05, 0) is 19.3 Å². The van der Waals surface area contributed by atoms with Gasteiger partial charge in [0.15, 0.2) is 0 Å². The lowest BCUT2D eigenvalue weighted by Crippen LogP contribution is -2.05. The Morgan fingerprint density at radius 3 is 1.74 bits per heavy atom. The molecule has 0 rings (SSSR count). The molecule has 0 N–H and O–H groups in total. The number of halogens is 1. The number of carbonyl (C=O) groups is 1. The molecule has 0 saturated heterocycles. The third-order valence-corrected chi connectivity index (χ3v) is 4.84. The minimum absolute atomic E-state index is 0.00131. The first-order chi connectivity index (χ1) is 11.3. The first-order valence-corrected chi connectivity index (χ1v) is 11.1. The summed E-state index contributed by atoms with van der Waals surface area (Å²) in [6.07, 6.45) is 19.6. The van der Waals surface area contributed by atoms with Crippen molar-refractivity contribution in [2.24, 2.45) is 0 Å². The van der Waals surface area contributed by atoms with E-state index in [0.29, 0.717) is 13.0 Å². The average molecular weight is 391 g/mol. The first kappa shape index (κ1) is 22.9. The molecule has 0 aromatic heterocycles. The van der Waals surface area contributed by atoms with Crippen LogP contribution in [0.4, 0.5) is 0 Å². The van der Waals surface area contributed by atoms with Gasteiger partial charge in [0.25, 0.3) is 0 Å². The average Bonchev–Trinajstić information content (AvgIpc) is 2.56. The summed E-state index contributed by atoms with van der Waals surface area (Å²) < 4.78 is 5.30. The molecular weight excluding hydrogens is 352 g/mol. The number of esters is 1. The van der Waals surface area contributed by atoms with Gasteiger partial charge < -0.3 is 4.74 Å². The van der Waals surface area contributed by atoms with Crippen LogP contribution in [-0.4, -0.2) is 17.9 Å². The monoisotopic (exact) mass is 390 g/mol. The fourth-order valence-corrected chi connectivity index (χ4v) is 3.14. The van der Waals surface area contributed by atoms with Gasteiger partial charge in [0.2, 0.25) is 0 Å². The van der Waals surface area contributed by atoms with Crippen molar-refractivity contribution in [3.63, 3.8) is 0 Å². The summed E-state index contributed by atoms with van der Waals surface area (Å²) >= 11 is 3.44. The Labute approximate surface area is 153 Å². The summed E-state index contributed by atoms with van der Waals surface area (Å²) in [5, 5.41) is 1.09. The van der Waals surface area contributed by atoms with E-state index in [1.165, 1.54) is 77.0 Å². The van der Waals surface area contributed by atoms with Gasteiger partial charge in [0.1, 0.15) is 0 Å². The maximum atomic E-state index is 11.6. The van der Waals surface area contributed by atoms with E-state index in [-0.39, 0.29) is 5.97 Å². The van der Waals surface area contributed by atoms with Crippen LogP contribution in [0.15, 0.2) is 0 Å². The molecule has 138 valence electrons.